The van der Waals surface area contributed by atoms with Crippen LogP contribution < -0.4 is 5.11 Å². The van der Waals surface area contributed by atoms with Crippen molar-refractivity contribution in [2.24, 2.45) is 4.99 Å². The van der Waals surface area contributed by atoms with Crippen LogP contribution in [0.2, 0.25) is 10.0 Å². The minimum atomic E-state index is -0.739. The van der Waals surface area contributed by atoms with Gasteiger partial charge in [-0.25, -0.2) is 0 Å². The highest BCUT2D eigenvalue weighted by Crippen LogP contribution is 2.32. The number of hydrogen-bond acceptors (Lipinski definition) is 4. The van der Waals surface area contributed by atoms with Crippen LogP contribution in [0.5, 0.6) is 5.75 Å². The van der Waals surface area contributed by atoms with Crippen molar-refractivity contribution < 1.29 is 10.0 Å². The molecule has 0 N–H and O–H groups in total. The van der Waals surface area contributed by atoms with Gasteiger partial charge in [-0.1, -0.05) is 39.1 Å². The molecule has 0 aliphatic heterocycles. The summed E-state index contributed by atoms with van der Waals surface area (Å²) >= 11 is 14.9. The van der Waals surface area contributed by atoms with Gasteiger partial charge < -0.3 is 5.11 Å². The molecule has 0 heterocycles. The molecule has 0 bridgehead atoms. The van der Waals surface area contributed by atoms with E-state index in [0.29, 0.717) is 20.2 Å². The molecule has 0 aliphatic carbocycles. The first-order valence-corrected chi connectivity index (χ1v) is 7.07. The van der Waals surface area contributed by atoms with Crippen LogP contribution in [0.1, 0.15) is 5.56 Å². The van der Waals surface area contributed by atoms with Crippen LogP contribution in [0.4, 0.5) is 11.4 Å². The zero-order valence-electron chi connectivity index (χ0n) is 10.2. The third-order valence-corrected chi connectivity index (χ3v) is 3.52. The highest BCUT2D eigenvalue weighted by Gasteiger charge is 2.11. The first-order chi connectivity index (χ1) is 9.88. The molecule has 0 atom stereocenters. The fourth-order valence-electron chi connectivity index (χ4n) is 1.56. The minimum Gasteiger partial charge on any atom is -0.867 e. The smallest absolute Gasteiger partial charge is 0.263 e. The van der Waals surface area contributed by atoms with Crippen molar-refractivity contribution in [2.75, 3.05) is 0 Å². The second-order valence-electron chi connectivity index (χ2n) is 3.95. The van der Waals surface area contributed by atoms with Crippen LogP contribution in [0.3, 0.4) is 0 Å². The monoisotopic (exact) mass is 387 g/mol. The van der Waals surface area contributed by atoms with Crippen LogP contribution in [0.15, 0.2) is 39.8 Å². The van der Waals surface area contributed by atoms with Crippen molar-refractivity contribution in [3.05, 3.63) is 60.5 Å². The number of hydrogen-bond donors (Lipinski definition) is 0. The molecule has 2 aromatic rings. The molecule has 2 rings (SSSR count). The lowest BCUT2D eigenvalue weighted by Gasteiger charge is -2.11. The molecule has 108 valence electrons. The molecule has 0 fully saturated rings. The topological polar surface area (TPSA) is 78.6 Å². The van der Waals surface area contributed by atoms with Gasteiger partial charge in [0.25, 0.3) is 5.69 Å². The van der Waals surface area contributed by atoms with Crippen molar-refractivity contribution >= 4 is 56.7 Å². The zero-order chi connectivity index (χ0) is 15.6. The van der Waals surface area contributed by atoms with E-state index in [2.05, 4.69) is 20.9 Å². The number of nitro groups is 1. The number of nitrogens with zero attached hydrogens (tertiary/aromatic N) is 2. The van der Waals surface area contributed by atoms with Crippen molar-refractivity contribution in [1.29, 1.82) is 0 Å². The Labute approximate surface area is 138 Å². The predicted octanol–water partition coefficient (Wildman–Crippen LogP) is 4.49. The third-order valence-electron chi connectivity index (χ3n) is 2.51. The number of rotatable bonds is 3. The molecule has 0 spiro atoms. The van der Waals surface area contributed by atoms with Gasteiger partial charge in [-0.05, 0) is 35.6 Å². The van der Waals surface area contributed by atoms with Gasteiger partial charge in [0, 0.05) is 21.8 Å². The predicted molar refractivity (Wildman–Crippen MR) is 84.0 cm³/mol. The Morgan fingerprint density at radius 2 is 1.95 bits per heavy atom. The fraction of sp³-hybridized carbons (Fsp3) is 0. The quantitative estimate of drug-likeness (QED) is 0.441. The lowest BCUT2D eigenvalue weighted by atomic mass is 10.2. The lowest BCUT2D eigenvalue weighted by molar-refractivity contribution is -0.398. The van der Waals surface area contributed by atoms with Crippen molar-refractivity contribution in [1.82, 2.24) is 0 Å². The van der Waals surface area contributed by atoms with Gasteiger partial charge in [0.15, 0.2) is 0 Å². The fourth-order valence-corrected chi connectivity index (χ4v) is 2.35. The normalized spacial score (nSPS) is 11.0. The number of nitro benzene ring substituents is 1. The van der Waals surface area contributed by atoms with Crippen molar-refractivity contribution in [3.8, 4) is 5.75 Å². The van der Waals surface area contributed by atoms with E-state index in [-0.39, 0.29) is 5.56 Å². The molecule has 0 amide bonds. The van der Waals surface area contributed by atoms with E-state index < -0.39 is 16.4 Å². The summed E-state index contributed by atoms with van der Waals surface area (Å²) in [6, 6.07) is 7.28. The summed E-state index contributed by atoms with van der Waals surface area (Å²) in [5.74, 6) is -0.717. The Bertz CT molecular complexity index is 750. The SMILES string of the molecule is O=[N+]([O-])c1cc(Br)cc(C=Nc2cc(Cl)ccc2Cl)c1[O-]. The van der Waals surface area contributed by atoms with Gasteiger partial charge in [-0.2, -0.15) is 0 Å². The maximum atomic E-state index is 11.9. The average molecular weight is 389 g/mol. The summed E-state index contributed by atoms with van der Waals surface area (Å²) in [6.07, 6.45) is 1.22. The Kier molecular flexibility index (Phi) is 4.82. The Balaban J connectivity index is 2.46. The summed E-state index contributed by atoms with van der Waals surface area (Å²) in [6.45, 7) is 0. The van der Waals surface area contributed by atoms with Crippen molar-refractivity contribution in [2.45, 2.75) is 0 Å². The first-order valence-electron chi connectivity index (χ1n) is 5.52. The van der Waals surface area contributed by atoms with Crippen LogP contribution in [-0.2, 0) is 0 Å². The Morgan fingerprint density at radius 1 is 1.24 bits per heavy atom. The summed E-state index contributed by atoms with van der Waals surface area (Å²) in [4.78, 5) is 14.1. The van der Waals surface area contributed by atoms with E-state index in [0.717, 1.165) is 6.07 Å². The zero-order valence-corrected chi connectivity index (χ0v) is 13.3. The Morgan fingerprint density at radius 3 is 2.62 bits per heavy atom. The average Bonchev–Trinajstić information content (AvgIpc) is 2.42. The molecule has 0 aliphatic rings. The summed E-state index contributed by atoms with van der Waals surface area (Å²) in [5.41, 5.74) is -0.0821. The summed E-state index contributed by atoms with van der Waals surface area (Å²) < 4.78 is 0.410. The van der Waals surface area contributed by atoms with Gasteiger partial charge in [0.2, 0.25) is 0 Å². The minimum absolute atomic E-state index is 0.0760. The molecule has 0 unspecified atom stereocenters. The molecule has 8 heteroatoms. The molecule has 0 aromatic heterocycles. The van der Waals surface area contributed by atoms with Crippen LogP contribution in [0.25, 0.3) is 0 Å². The third kappa shape index (κ3) is 3.72. The van der Waals surface area contributed by atoms with Gasteiger partial charge in [-0.15, -0.1) is 0 Å². The van der Waals surface area contributed by atoms with E-state index >= 15 is 0 Å². The van der Waals surface area contributed by atoms with Crippen LogP contribution in [0, 0.1) is 10.1 Å². The van der Waals surface area contributed by atoms with E-state index in [9.17, 15) is 15.2 Å². The van der Waals surface area contributed by atoms with Crippen molar-refractivity contribution in [3.63, 3.8) is 0 Å². The lowest BCUT2D eigenvalue weighted by Crippen LogP contribution is -2.02. The number of benzene rings is 2. The molecule has 5 nitrogen and oxygen atoms in total. The Hall–Kier alpha value is -1.63. The molecule has 0 radical (unpaired) electrons. The van der Waals surface area contributed by atoms with Gasteiger partial charge in [0.1, 0.15) is 0 Å². The van der Waals surface area contributed by atoms with E-state index in [1.165, 1.54) is 18.3 Å². The first kappa shape index (κ1) is 15.8. The van der Waals surface area contributed by atoms with E-state index in [1.54, 1.807) is 12.1 Å². The molecule has 0 saturated heterocycles. The van der Waals surface area contributed by atoms with E-state index in [1.807, 2.05) is 0 Å². The second kappa shape index (κ2) is 6.43. The number of aliphatic imine (C=N–C) groups is 1. The van der Waals surface area contributed by atoms with E-state index in [4.69, 9.17) is 23.2 Å². The van der Waals surface area contributed by atoms with Crippen LogP contribution >= 0.6 is 39.1 Å². The molecule has 21 heavy (non-hydrogen) atoms. The largest absolute Gasteiger partial charge is 0.867 e. The summed E-state index contributed by atoms with van der Waals surface area (Å²) in [7, 11) is 0. The second-order valence-corrected chi connectivity index (χ2v) is 5.71. The van der Waals surface area contributed by atoms with Gasteiger partial charge in [-0.3, -0.25) is 15.1 Å². The highest BCUT2D eigenvalue weighted by molar-refractivity contribution is 9.10. The van der Waals surface area contributed by atoms with Crippen LogP contribution in [-0.4, -0.2) is 11.1 Å². The molecule has 2 aromatic carbocycles. The molecular formula is C13H6BrCl2N2O3-. The maximum absolute atomic E-state index is 11.9. The highest BCUT2D eigenvalue weighted by atomic mass is 79.9. The molecule has 0 saturated carbocycles. The summed E-state index contributed by atoms with van der Waals surface area (Å²) in [5, 5.41) is 23.5. The van der Waals surface area contributed by atoms with Gasteiger partial charge >= 0.3 is 0 Å². The standard InChI is InChI=1S/C13H7BrCl2N2O3/c14-8-3-7(13(19)12(4-8)18(20)21)6-17-11-5-9(15)1-2-10(11)16/h1-6,19H/p-1. The molecular weight excluding hydrogens is 383 g/mol. The number of halogens is 3. The maximum Gasteiger partial charge on any atom is 0.263 e. The van der Waals surface area contributed by atoms with Gasteiger partial charge in [0.05, 0.1) is 15.6 Å².